The average Bonchev–Trinajstić information content (AvgIpc) is 2.09. The molecule has 0 saturated heterocycles. The second-order valence-electron chi connectivity index (χ2n) is 2.78. The van der Waals surface area contributed by atoms with Gasteiger partial charge in [-0.25, -0.2) is 0 Å². The zero-order chi connectivity index (χ0) is 9.94. The SMILES string of the molecule is CC=CC#CCCCCCC(=O)O. The van der Waals surface area contributed by atoms with Gasteiger partial charge < -0.3 is 5.11 Å². The summed E-state index contributed by atoms with van der Waals surface area (Å²) in [5.41, 5.74) is 0. The third kappa shape index (κ3) is 10.8. The number of hydrogen-bond donors (Lipinski definition) is 1. The van der Waals surface area contributed by atoms with Crippen LogP contribution in [0.15, 0.2) is 12.2 Å². The van der Waals surface area contributed by atoms with Crippen molar-refractivity contribution >= 4 is 5.97 Å². The number of aliphatic carboxylic acids is 1. The Kier molecular flexibility index (Phi) is 8.02. The van der Waals surface area contributed by atoms with Gasteiger partial charge in [0, 0.05) is 12.8 Å². The molecule has 0 spiro atoms. The van der Waals surface area contributed by atoms with E-state index in [-0.39, 0.29) is 6.42 Å². The molecule has 2 heteroatoms. The summed E-state index contributed by atoms with van der Waals surface area (Å²) in [6, 6.07) is 0. The van der Waals surface area contributed by atoms with Gasteiger partial charge in [-0.15, -0.1) is 0 Å². The van der Waals surface area contributed by atoms with Crippen LogP contribution in [0.5, 0.6) is 0 Å². The van der Waals surface area contributed by atoms with Gasteiger partial charge in [0.15, 0.2) is 0 Å². The van der Waals surface area contributed by atoms with Crippen LogP contribution in [-0.4, -0.2) is 11.1 Å². The summed E-state index contributed by atoms with van der Waals surface area (Å²) in [6.45, 7) is 1.93. The maximum Gasteiger partial charge on any atom is 0.303 e. The third-order valence-corrected chi connectivity index (χ3v) is 1.54. The fourth-order valence-corrected chi connectivity index (χ4v) is 0.881. The lowest BCUT2D eigenvalue weighted by Gasteiger charge is -1.93. The minimum Gasteiger partial charge on any atom is -0.481 e. The van der Waals surface area contributed by atoms with Gasteiger partial charge in [-0.3, -0.25) is 4.79 Å². The largest absolute Gasteiger partial charge is 0.481 e. The summed E-state index contributed by atoms with van der Waals surface area (Å²) < 4.78 is 0. The van der Waals surface area contributed by atoms with Crippen molar-refractivity contribution < 1.29 is 9.90 Å². The van der Waals surface area contributed by atoms with Gasteiger partial charge in [0.05, 0.1) is 0 Å². The van der Waals surface area contributed by atoms with Crippen LogP contribution in [0.3, 0.4) is 0 Å². The highest BCUT2D eigenvalue weighted by Crippen LogP contribution is 2.01. The van der Waals surface area contributed by atoms with Crippen molar-refractivity contribution in [2.75, 3.05) is 0 Å². The van der Waals surface area contributed by atoms with Crippen LogP contribution in [0.25, 0.3) is 0 Å². The Morgan fingerprint density at radius 1 is 1.38 bits per heavy atom. The zero-order valence-corrected chi connectivity index (χ0v) is 8.05. The van der Waals surface area contributed by atoms with E-state index in [0.717, 1.165) is 25.7 Å². The number of carboxylic acid groups (broad SMARTS) is 1. The van der Waals surface area contributed by atoms with Crippen LogP contribution in [0.4, 0.5) is 0 Å². The molecule has 0 aromatic heterocycles. The molecular formula is C11H16O2. The van der Waals surface area contributed by atoms with Crippen LogP contribution in [0.2, 0.25) is 0 Å². The molecule has 72 valence electrons. The quantitative estimate of drug-likeness (QED) is 0.521. The first-order valence-electron chi connectivity index (χ1n) is 4.58. The summed E-state index contributed by atoms with van der Waals surface area (Å²) in [4.78, 5) is 10.1. The van der Waals surface area contributed by atoms with Crippen molar-refractivity contribution in [3.8, 4) is 11.8 Å². The van der Waals surface area contributed by atoms with Crippen LogP contribution in [0.1, 0.15) is 39.0 Å². The topological polar surface area (TPSA) is 37.3 Å². The predicted octanol–water partition coefficient (Wildman–Crippen LogP) is 2.60. The van der Waals surface area contributed by atoms with Crippen molar-refractivity contribution in [1.29, 1.82) is 0 Å². The molecule has 0 bridgehead atoms. The van der Waals surface area contributed by atoms with E-state index in [9.17, 15) is 4.79 Å². The van der Waals surface area contributed by atoms with Crippen LogP contribution >= 0.6 is 0 Å². The van der Waals surface area contributed by atoms with E-state index in [0.29, 0.717) is 0 Å². The van der Waals surface area contributed by atoms with Crippen LogP contribution in [-0.2, 0) is 4.79 Å². The molecule has 0 heterocycles. The Hall–Kier alpha value is -1.23. The van der Waals surface area contributed by atoms with E-state index in [1.54, 1.807) is 0 Å². The summed E-state index contributed by atoms with van der Waals surface area (Å²) >= 11 is 0. The molecule has 0 fully saturated rings. The second kappa shape index (κ2) is 8.86. The molecule has 0 aliphatic heterocycles. The molecule has 0 unspecified atom stereocenters. The molecule has 0 aliphatic carbocycles. The molecule has 0 aromatic rings. The molecule has 0 amide bonds. The van der Waals surface area contributed by atoms with E-state index in [1.807, 2.05) is 19.1 Å². The van der Waals surface area contributed by atoms with Crippen molar-refractivity contribution in [2.24, 2.45) is 0 Å². The number of unbranched alkanes of at least 4 members (excludes halogenated alkanes) is 3. The second-order valence-corrected chi connectivity index (χ2v) is 2.78. The highest BCUT2D eigenvalue weighted by Gasteiger charge is 1.94. The van der Waals surface area contributed by atoms with E-state index < -0.39 is 5.97 Å². The Labute approximate surface area is 79.7 Å². The van der Waals surface area contributed by atoms with Crippen molar-refractivity contribution in [3.05, 3.63) is 12.2 Å². The average molecular weight is 180 g/mol. The monoisotopic (exact) mass is 180 g/mol. The fourth-order valence-electron chi connectivity index (χ4n) is 0.881. The van der Waals surface area contributed by atoms with Crippen LogP contribution < -0.4 is 0 Å². The summed E-state index contributed by atoms with van der Waals surface area (Å²) in [5.74, 6) is 5.17. The van der Waals surface area contributed by atoms with E-state index in [4.69, 9.17) is 5.11 Å². The lowest BCUT2D eigenvalue weighted by Crippen LogP contribution is -1.93. The molecule has 13 heavy (non-hydrogen) atoms. The number of rotatable bonds is 5. The molecule has 2 nitrogen and oxygen atoms in total. The zero-order valence-electron chi connectivity index (χ0n) is 8.05. The van der Waals surface area contributed by atoms with Gasteiger partial charge in [-0.2, -0.15) is 0 Å². The van der Waals surface area contributed by atoms with Crippen molar-refractivity contribution in [2.45, 2.75) is 39.0 Å². The summed E-state index contributed by atoms with van der Waals surface area (Å²) in [5, 5.41) is 8.35. The Morgan fingerprint density at radius 2 is 2.15 bits per heavy atom. The van der Waals surface area contributed by atoms with Gasteiger partial charge >= 0.3 is 5.97 Å². The highest BCUT2D eigenvalue weighted by atomic mass is 16.4. The molecule has 0 rings (SSSR count). The maximum absolute atomic E-state index is 10.1. The van der Waals surface area contributed by atoms with E-state index in [2.05, 4.69) is 11.8 Å². The van der Waals surface area contributed by atoms with Crippen LogP contribution in [0, 0.1) is 11.8 Å². The molecule has 0 aliphatic rings. The van der Waals surface area contributed by atoms with Gasteiger partial charge in [0.2, 0.25) is 0 Å². The van der Waals surface area contributed by atoms with E-state index in [1.165, 1.54) is 0 Å². The van der Waals surface area contributed by atoms with Gasteiger partial charge in [0.25, 0.3) is 0 Å². The predicted molar refractivity (Wildman–Crippen MR) is 53.3 cm³/mol. The lowest BCUT2D eigenvalue weighted by atomic mass is 10.1. The third-order valence-electron chi connectivity index (χ3n) is 1.54. The van der Waals surface area contributed by atoms with E-state index >= 15 is 0 Å². The summed E-state index contributed by atoms with van der Waals surface area (Å²) in [7, 11) is 0. The molecular weight excluding hydrogens is 164 g/mol. The highest BCUT2D eigenvalue weighted by molar-refractivity contribution is 5.66. The standard InChI is InChI=1S/C11H16O2/c1-2-3-4-5-6-7-8-9-10-11(12)13/h2-3H,6-10H2,1H3,(H,12,13). The number of hydrogen-bond acceptors (Lipinski definition) is 1. The first kappa shape index (κ1) is 11.8. The molecule has 0 radical (unpaired) electrons. The van der Waals surface area contributed by atoms with Crippen molar-refractivity contribution in [1.82, 2.24) is 0 Å². The maximum atomic E-state index is 10.1. The molecule has 0 aromatic carbocycles. The fraction of sp³-hybridized carbons (Fsp3) is 0.545. The summed E-state index contributed by atoms with van der Waals surface area (Å²) in [6.07, 6.45) is 7.58. The minimum absolute atomic E-state index is 0.280. The van der Waals surface area contributed by atoms with Gasteiger partial charge in [-0.05, 0) is 25.8 Å². The molecule has 1 N–H and O–H groups in total. The minimum atomic E-state index is -0.708. The number of carbonyl (C=O) groups is 1. The Morgan fingerprint density at radius 3 is 2.77 bits per heavy atom. The first-order chi connectivity index (χ1) is 6.27. The van der Waals surface area contributed by atoms with Gasteiger partial charge in [-0.1, -0.05) is 24.3 Å². The normalized spacial score (nSPS) is 9.62. The number of carboxylic acids is 1. The first-order valence-corrected chi connectivity index (χ1v) is 4.58. The molecule has 0 atom stereocenters. The Bertz CT molecular complexity index is 218. The lowest BCUT2D eigenvalue weighted by molar-refractivity contribution is -0.137. The smallest absolute Gasteiger partial charge is 0.303 e. The Balaban J connectivity index is 3.18. The van der Waals surface area contributed by atoms with Crippen molar-refractivity contribution in [3.63, 3.8) is 0 Å². The number of allylic oxidation sites excluding steroid dienone is 2. The molecule has 0 saturated carbocycles. The van der Waals surface area contributed by atoms with Gasteiger partial charge in [0.1, 0.15) is 0 Å².